The number of carbonyl (C=O) groups is 1. The fourth-order valence-corrected chi connectivity index (χ4v) is 8.92. The summed E-state index contributed by atoms with van der Waals surface area (Å²) in [6, 6.07) is 0. The van der Waals surface area contributed by atoms with Crippen molar-refractivity contribution in [1.29, 1.82) is 0 Å². The molecule has 242 valence electrons. The van der Waals surface area contributed by atoms with Gasteiger partial charge in [0.15, 0.2) is 8.32 Å². The van der Waals surface area contributed by atoms with Gasteiger partial charge in [-0.2, -0.15) is 0 Å². The van der Waals surface area contributed by atoms with Crippen molar-refractivity contribution in [3.05, 3.63) is 35.5 Å². The smallest absolute Gasteiger partial charge is 0.305 e. The minimum atomic E-state index is -2.13. The maximum atomic E-state index is 11.2. The monoisotopic (exact) mass is 610 g/mol. The van der Waals surface area contributed by atoms with E-state index < -0.39 is 14.3 Å². The normalized spacial score (nSPS) is 32.8. The summed E-state index contributed by atoms with van der Waals surface area (Å²) in [6.45, 7) is 29.9. The number of aliphatic carboxylic acids is 1. The molecule has 0 saturated heterocycles. The van der Waals surface area contributed by atoms with Gasteiger partial charge in [0.1, 0.15) is 0 Å². The van der Waals surface area contributed by atoms with E-state index in [-0.39, 0.29) is 41.6 Å². The summed E-state index contributed by atoms with van der Waals surface area (Å²) in [5.74, 6) is 8.33. The van der Waals surface area contributed by atoms with Crippen molar-refractivity contribution in [3.8, 4) is 11.8 Å². The number of ether oxygens (including phenoxy) is 1. The molecule has 0 amide bonds. The van der Waals surface area contributed by atoms with Crippen molar-refractivity contribution in [2.75, 3.05) is 6.61 Å². The van der Waals surface area contributed by atoms with Crippen LogP contribution in [0.1, 0.15) is 114 Å². The highest BCUT2D eigenvalue weighted by molar-refractivity contribution is 6.74. The van der Waals surface area contributed by atoms with E-state index in [1.165, 1.54) is 37.7 Å². The molecule has 1 N–H and O–H groups in total. The lowest BCUT2D eigenvalue weighted by Gasteiger charge is -2.46. The maximum Gasteiger partial charge on any atom is 0.305 e. The third-order valence-corrected chi connectivity index (χ3v) is 15.6. The Morgan fingerprint density at radius 1 is 1.19 bits per heavy atom. The minimum Gasteiger partial charge on any atom is -0.481 e. The Hall–Kier alpha value is -1.61. The number of hydrogen-bond donors (Lipinski definition) is 1. The molecular weight excluding hydrogens is 549 g/mol. The Balaban J connectivity index is 1.84. The van der Waals surface area contributed by atoms with Crippen LogP contribution in [0.25, 0.3) is 0 Å². The van der Waals surface area contributed by atoms with Crippen molar-refractivity contribution < 1.29 is 19.1 Å². The van der Waals surface area contributed by atoms with Crippen LogP contribution in [-0.4, -0.2) is 38.2 Å². The molecule has 5 heteroatoms. The van der Waals surface area contributed by atoms with Crippen LogP contribution in [0.15, 0.2) is 35.5 Å². The van der Waals surface area contributed by atoms with E-state index in [0.717, 1.165) is 24.3 Å². The molecule has 7 atom stereocenters. The van der Waals surface area contributed by atoms with E-state index >= 15 is 0 Å². The number of carboxylic acids is 1. The third kappa shape index (κ3) is 8.77. The van der Waals surface area contributed by atoms with Gasteiger partial charge in [0.05, 0.1) is 25.2 Å². The van der Waals surface area contributed by atoms with E-state index in [1.807, 2.05) is 0 Å². The molecule has 2 unspecified atom stereocenters. The highest BCUT2D eigenvalue weighted by atomic mass is 28.4. The second kappa shape index (κ2) is 13.8. The summed E-state index contributed by atoms with van der Waals surface area (Å²) < 4.78 is 13.2. The number of fused-ring (bicyclic) bond motifs is 1. The maximum absolute atomic E-state index is 11.2. The van der Waals surface area contributed by atoms with Crippen molar-refractivity contribution in [2.45, 2.75) is 144 Å². The largest absolute Gasteiger partial charge is 0.481 e. The van der Waals surface area contributed by atoms with Crippen LogP contribution in [0.3, 0.4) is 0 Å². The fraction of sp³-hybridized carbons (Fsp3) is 0.763. The second-order valence-electron chi connectivity index (χ2n) is 16.7. The first-order valence-electron chi connectivity index (χ1n) is 16.9. The van der Waals surface area contributed by atoms with Gasteiger partial charge in [0.2, 0.25) is 0 Å². The Morgan fingerprint density at radius 2 is 1.86 bits per heavy atom. The minimum absolute atomic E-state index is 0.000232. The van der Waals surface area contributed by atoms with E-state index in [9.17, 15) is 9.90 Å². The molecule has 0 heterocycles. The first-order chi connectivity index (χ1) is 19.8. The van der Waals surface area contributed by atoms with Crippen LogP contribution in [-0.2, 0) is 14.0 Å². The average molecular weight is 611 g/mol. The highest BCUT2D eigenvalue weighted by Gasteiger charge is 2.50. The molecule has 3 aliphatic carbocycles. The lowest BCUT2D eigenvalue weighted by Crippen LogP contribution is -2.51. The van der Waals surface area contributed by atoms with Gasteiger partial charge in [0.25, 0.3) is 0 Å². The Labute approximate surface area is 265 Å². The standard InChI is InChI=1S/C38H62O4Si/c1-26(15-13-22-36(4,5)6)31-19-20-32-29(16-14-23-38(31,32)10)17-18-30-25-27(2)34(41-24-21-33(39)40)35(28(30)3)42-43(11,12)37(7,8)9/h17-18,26-27,31-32,34-35H,3,14-16,19-21,23-25H2,1-2,4-12H3,(H,39,40)/b29-17+,30-18-/t26-,27-,31-,32?,34+,35?,38-/m1/s1. The topological polar surface area (TPSA) is 55.8 Å². The van der Waals surface area contributed by atoms with Crippen LogP contribution in [0.4, 0.5) is 0 Å². The Kier molecular flexibility index (Phi) is 11.5. The van der Waals surface area contributed by atoms with E-state index in [1.54, 1.807) is 5.57 Å². The van der Waals surface area contributed by atoms with Gasteiger partial charge in [-0.15, -0.1) is 5.92 Å². The quantitative estimate of drug-likeness (QED) is 0.208. The van der Waals surface area contributed by atoms with E-state index in [0.29, 0.717) is 17.3 Å². The SMILES string of the molecule is C=C1/C(=C\C=C2/CCC[C@@]3(C)C2CC[C@@H]3[C@H](C)CC#CC(C)(C)C)C[C@@H](C)[C@H](OCCC(=O)O)C1O[Si](C)(C)C(C)(C)C. The van der Waals surface area contributed by atoms with Crippen LogP contribution >= 0.6 is 0 Å². The van der Waals surface area contributed by atoms with Crippen molar-refractivity contribution in [1.82, 2.24) is 0 Å². The van der Waals surface area contributed by atoms with Crippen LogP contribution in [0.2, 0.25) is 18.1 Å². The average Bonchev–Trinajstić information content (AvgIpc) is 3.22. The van der Waals surface area contributed by atoms with Gasteiger partial charge in [-0.05, 0) is 118 Å². The first kappa shape index (κ1) is 35.9. The summed E-state index contributed by atoms with van der Waals surface area (Å²) in [4.78, 5) is 11.2. The van der Waals surface area contributed by atoms with Gasteiger partial charge >= 0.3 is 5.97 Å². The fourth-order valence-electron chi connectivity index (χ4n) is 7.66. The lowest BCUT2D eigenvalue weighted by molar-refractivity contribution is -0.139. The molecule has 43 heavy (non-hydrogen) atoms. The summed E-state index contributed by atoms with van der Waals surface area (Å²) in [5.41, 5.74) is 4.29. The number of hydrogen-bond acceptors (Lipinski definition) is 3. The van der Waals surface area contributed by atoms with Gasteiger partial charge < -0.3 is 14.3 Å². The zero-order valence-corrected chi connectivity index (χ0v) is 30.4. The Bertz CT molecular complexity index is 1140. The molecule has 3 saturated carbocycles. The molecule has 0 aliphatic heterocycles. The summed E-state index contributed by atoms with van der Waals surface area (Å²) in [5, 5.41) is 9.26. The van der Waals surface area contributed by atoms with E-state index in [2.05, 4.69) is 106 Å². The summed E-state index contributed by atoms with van der Waals surface area (Å²) in [7, 11) is -2.13. The van der Waals surface area contributed by atoms with Crippen molar-refractivity contribution >= 4 is 14.3 Å². The second-order valence-corrected chi connectivity index (χ2v) is 21.5. The number of carboxylic acid groups (broad SMARTS) is 1. The first-order valence-corrected chi connectivity index (χ1v) is 19.8. The van der Waals surface area contributed by atoms with Gasteiger partial charge in [-0.1, -0.05) is 71.8 Å². The molecule has 3 rings (SSSR count). The van der Waals surface area contributed by atoms with Crippen LogP contribution in [0.5, 0.6) is 0 Å². The van der Waals surface area contributed by atoms with Gasteiger partial charge in [-0.3, -0.25) is 4.79 Å². The number of allylic oxidation sites excluding steroid dienone is 3. The molecule has 0 spiro atoms. The highest BCUT2D eigenvalue weighted by Crippen LogP contribution is 2.59. The molecule has 4 nitrogen and oxygen atoms in total. The third-order valence-electron chi connectivity index (χ3n) is 11.1. The molecule has 0 aromatic carbocycles. The lowest BCUT2D eigenvalue weighted by atomic mass is 9.61. The summed E-state index contributed by atoms with van der Waals surface area (Å²) >= 11 is 0. The molecule has 0 radical (unpaired) electrons. The van der Waals surface area contributed by atoms with Crippen LogP contribution < -0.4 is 0 Å². The number of rotatable bonds is 9. The molecular formula is C38H62O4Si. The van der Waals surface area contributed by atoms with Crippen molar-refractivity contribution in [2.24, 2.45) is 34.5 Å². The molecule has 3 aliphatic rings. The zero-order chi connectivity index (χ0) is 32.4. The van der Waals surface area contributed by atoms with Crippen LogP contribution in [0, 0.1) is 46.3 Å². The summed E-state index contributed by atoms with van der Waals surface area (Å²) in [6.07, 6.45) is 12.5. The van der Waals surface area contributed by atoms with Gasteiger partial charge in [-0.25, -0.2) is 0 Å². The molecule has 0 aromatic rings. The van der Waals surface area contributed by atoms with E-state index in [4.69, 9.17) is 9.16 Å². The Morgan fingerprint density at radius 3 is 2.47 bits per heavy atom. The molecule has 0 aromatic heterocycles. The molecule has 0 bridgehead atoms. The zero-order valence-electron chi connectivity index (χ0n) is 29.4. The molecule has 3 fully saturated rings. The van der Waals surface area contributed by atoms with Gasteiger partial charge in [0, 0.05) is 11.8 Å². The predicted octanol–water partition coefficient (Wildman–Crippen LogP) is 9.98. The van der Waals surface area contributed by atoms with Crippen molar-refractivity contribution in [3.63, 3.8) is 0 Å². The predicted molar refractivity (Wildman–Crippen MR) is 182 cm³/mol.